The maximum Gasteiger partial charge on any atom is 0.305 e. The van der Waals surface area contributed by atoms with Crippen molar-refractivity contribution in [1.29, 1.82) is 0 Å². The largest absolute Gasteiger partial charge is 0.469 e. The molecule has 0 aliphatic heterocycles. The molecule has 4 heteroatoms. The van der Waals surface area contributed by atoms with Crippen LogP contribution in [0.2, 0.25) is 0 Å². The molecule has 1 fully saturated rings. The molecule has 0 bridgehead atoms. The highest BCUT2D eigenvalue weighted by molar-refractivity contribution is 5.69. The van der Waals surface area contributed by atoms with E-state index in [1.54, 1.807) is 0 Å². The second kappa shape index (κ2) is 7.67. The Labute approximate surface area is 104 Å². The molecular formula is C13H25NO3. The lowest BCUT2D eigenvalue weighted by atomic mass is 10.0. The van der Waals surface area contributed by atoms with Crippen molar-refractivity contribution in [3.8, 4) is 0 Å². The topological polar surface area (TPSA) is 49.8 Å². The quantitative estimate of drug-likeness (QED) is 0.588. The molecule has 0 aromatic carbocycles. The molecule has 1 N–H and O–H groups in total. The maximum absolute atomic E-state index is 11.0. The Bertz CT molecular complexity index is 233. The highest BCUT2D eigenvalue weighted by atomic mass is 16.5. The monoisotopic (exact) mass is 243 g/mol. The summed E-state index contributed by atoms with van der Waals surface area (Å²) < 4.78 is 4.61. The molecule has 0 spiro atoms. The summed E-state index contributed by atoms with van der Waals surface area (Å²) in [5.41, 5.74) is 0. The molecule has 1 rings (SSSR count). The Balaban J connectivity index is 2.29. The Morgan fingerprint density at radius 1 is 1.35 bits per heavy atom. The van der Waals surface area contributed by atoms with E-state index in [-0.39, 0.29) is 18.1 Å². The number of carbonyl (C=O) groups excluding carboxylic acids is 1. The lowest BCUT2D eigenvalue weighted by Crippen LogP contribution is -2.41. The summed E-state index contributed by atoms with van der Waals surface area (Å²) in [5.74, 6) is -0.153. The van der Waals surface area contributed by atoms with Crippen LogP contribution in [0.4, 0.5) is 0 Å². The molecule has 0 aromatic rings. The number of hydrogen-bond donors (Lipinski definition) is 1. The molecule has 0 heterocycles. The molecule has 100 valence electrons. The standard InChI is InChI=1S/C13H25NO3/c1-14(10-6-9-13(16)17-2)11-7-4-3-5-8-12(11)15/h11-12,15H,3-10H2,1-2H3. The van der Waals surface area contributed by atoms with Crippen LogP contribution in [0.5, 0.6) is 0 Å². The van der Waals surface area contributed by atoms with Gasteiger partial charge in [-0.2, -0.15) is 0 Å². The fraction of sp³-hybridized carbons (Fsp3) is 0.923. The first-order chi connectivity index (χ1) is 8.15. The van der Waals surface area contributed by atoms with Gasteiger partial charge in [-0.15, -0.1) is 0 Å². The molecule has 1 aliphatic carbocycles. The van der Waals surface area contributed by atoms with Crippen LogP contribution >= 0.6 is 0 Å². The van der Waals surface area contributed by atoms with Crippen LogP contribution in [0.1, 0.15) is 44.9 Å². The number of carbonyl (C=O) groups is 1. The van der Waals surface area contributed by atoms with E-state index in [1.165, 1.54) is 20.0 Å². The van der Waals surface area contributed by atoms with Crippen molar-refractivity contribution in [2.75, 3.05) is 20.7 Å². The third-order valence-corrected chi connectivity index (χ3v) is 3.63. The number of esters is 1. The van der Waals surface area contributed by atoms with Crippen LogP contribution in [0.25, 0.3) is 0 Å². The minimum absolute atomic E-state index is 0.153. The van der Waals surface area contributed by atoms with Crippen molar-refractivity contribution in [3.63, 3.8) is 0 Å². The summed E-state index contributed by atoms with van der Waals surface area (Å²) >= 11 is 0. The van der Waals surface area contributed by atoms with E-state index in [4.69, 9.17) is 0 Å². The van der Waals surface area contributed by atoms with Crippen molar-refractivity contribution in [2.45, 2.75) is 57.1 Å². The fourth-order valence-corrected chi connectivity index (χ4v) is 2.52. The van der Waals surface area contributed by atoms with E-state index in [2.05, 4.69) is 9.64 Å². The molecule has 0 radical (unpaired) electrons. The van der Waals surface area contributed by atoms with Gasteiger partial charge in [0, 0.05) is 12.5 Å². The Kier molecular flexibility index (Phi) is 6.52. The lowest BCUT2D eigenvalue weighted by Gasteiger charge is -2.30. The smallest absolute Gasteiger partial charge is 0.305 e. The van der Waals surface area contributed by atoms with Gasteiger partial charge in [0.25, 0.3) is 0 Å². The average Bonchev–Trinajstić information content (AvgIpc) is 2.53. The predicted octanol–water partition coefficient (Wildman–Crippen LogP) is 1.56. The van der Waals surface area contributed by atoms with Gasteiger partial charge in [-0.05, 0) is 32.9 Å². The number of aliphatic hydroxyl groups excluding tert-OH is 1. The third kappa shape index (κ3) is 5.04. The first-order valence-electron chi connectivity index (χ1n) is 6.60. The molecule has 17 heavy (non-hydrogen) atoms. The van der Waals surface area contributed by atoms with Gasteiger partial charge in [0.05, 0.1) is 13.2 Å². The van der Waals surface area contributed by atoms with Crippen molar-refractivity contribution in [3.05, 3.63) is 0 Å². The third-order valence-electron chi connectivity index (χ3n) is 3.63. The van der Waals surface area contributed by atoms with Gasteiger partial charge in [-0.3, -0.25) is 4.79 Å². The van der Waals surface area contributed by atoms with Crippen molar-refractivity contribution in [2.24, 2.45) is 0 Å². The molecule has 4 nitrogen and oxygen atoms in total. The molecule has 2 atom stereocenters. The minimum atomic E-state index is -0.208. The van der Waals surface area contributed by atoms with Gasteiger partial charge in [0.1, 0.15) is 0 Å². The van der Waals surface area contributed by atoms with Gasteiger partial charge in [-0.25, -0.2) is 0 Å². The van der Waals surface area contributed by atoms with Crippen molar-refractivity contribution < 1.29 is 14.6 Å². The van der Waals surface area contributed by atoms with E-state index in [1.807, 2.05) is 7.05 Å². The van der Waals surface area contributed by atoms with Gasteiger partial charge in [0.2, 0.25) is 0 Å². The van der Waals surface area contributed by atoms with Crippen LogP contribution in [-0.2, 0) is 9.53 Å². The Hall–Kier alpha value is -0.610. The van der Waals surface area contributed by atoms with E-state index >= 15 is 0 Å². The normalized spacial score (nSPS) is 25.6. The number of likely N-dealkylation sites (N-methyl/N-ethyl adjacent to an activating group) is 1. The minimum Gasteiger partial charge on any atom is -0.469 e. The molecule has 0 aromatic heterocycles. The zero-order valence-corrected chi connectivity index (χ0v) is 11.0. The van der Waals surface area contributed by atoms with E-state index < -0.39 is 0 Å². The number of methoxy groups -OCH3 is 1. The van der Waals surface area contributed by atoms with E-state index in [0.717, 1.165) is 32.2 Å². The van der Waals surface area contributed by atoms with Crippen molar-refractivity contribution in [1.82, 2.24) is 4.90 Å². The van der Waals surface area contributed by atoms with E-state index in [0.29, 0.717) is 6.42 Å². The van der Waals surface area contributed by atoms with Crippen LogP contribution < -0.4 is 0 Å². The van der Waals surface area contributed by atoms with Gasteiger partial charge in [0.15, 0.2) is 0 Å². The van der Waals surface area contributed by atoms with Crippen molar-refractivity contribution >= 4 is 5.97 Å². The highest BCUT2D eigenvalue weighted by Crippen LogP contribution is 2.21. The summed E-state index contributed by atoms with van der Waals surface area (Å²) in [6.07, 6.45) is 6.58. The number of ether oxygens (including phenoxy) is 1. The van der Waals surface area contributed by atoms with Crippen LogP contribution in [-0.4, -0.2) is 48.8 Å². The Morgan fingerprint density at radius 2 is 2.06 bits per heavy atom. The number of hydrogen-bond acceptors (Lipinski definition) is 4. The predicted molar refractivity (Wildman–Crippen MR) is 66.8 cm³/mol. The molecule has 0 amide bonds. The summed E-state index contributed by atoms with van der Waals surface area (Å²) in [6, 6.07) is 0.259. The molecular weight excluding hydrogens is 218 g/mol. The Morgan fingerprint density at radius 3 is 2.76 bits per heavy atom. The molecule has 2 unspecified atom stereocenters. The highest BCUT2D eigenvalue weighted by Gasteiger charge is 2.24. The average molecular weight is 243 g/mol. The summed E-state index contributed by atoms with van der Waals surface area (Å²) in [6.45, 7) is 0.844. The van der Waals surface area contributed by atoms with Gasteiger partial charge < -0.3 is 14.7 Å². The van der Waals surface area contributed by atoms with Gasteiger partial charge >= 0.3 is 5.97 Å². The van der Waals surface area contributed by atoms with Crippen LogP contribution in [0.3, 0.4) is 0 Å². The lowest BCUT2D eigenvalue weighted by molar-refractivity contribution is -0.140. The maximum atomic E-state index is 11.0. The zero-order chi connectivity index (χ0) is 12.7. The zero-order valence-electron chi connectivity index (χ0n) is 11.0. The van der Waals surface area contributed by atoms with Crippen LogP contribution in [0, 0.1) is 0 Å². The van der Waals surface area contributed by atoms with Gasteiger partial charge in [-0.1, -0.05) is 19.3 Å². The summed E-state index contributed by atoms with van der Waals surface area (Å²) in [7, 11) is 3.46. The van der Waals surface area contributed by atoms with Crippen LogP contribution in [0.15, 0.2) is 0 Å². The number of nitrogens with zero attached hydrogens (tertiary/aromatic N) is 1. The second-order valence-electron chi connectivity index (χ2n) is 4.93. The fourth-order valence-electron chi connectivity index (χ4n) is 2.52. The first-order valence-corrected chi connectivity index (χ1v) is 6.60. The summed E-state index contributed by atoms with van der Waals surface area (Å²) in [4.78, 5) is 13.2. The number of aliphatic hydroxyl groups is 1. The van der Waals surface area contributed by atoms with E-state index in [9.17, 15) is 9.90 Å². The first kappa shape index (κ1) is 14.5. The second-order valence-corrected chi connectivity index (χ2v) is 4.93. The molecule has 1 aliphatic rings. The SMILES string of the molecule is COC(=O)CCCN(C)C1CCCCCC1O. The number of rotatable bonds is 5. The molecule has 0 saturated heterocycles. The summed E-state index contributed by atoms with van der Waals surface area (Å²) in [5, 5.41) is 10.0. The molecule has 1 saturated carbocycles.